The molecule has 3 rings (SSSR count). The number of aryl methyl sites for hydroxylation is 1. The normalized spacial score (nSPS) is 15.1. The SMILES string of the molecule is COC(=O)[C@@H]1CCc2cccc(NC(=O)OCc3ccccc3OC)c2O1. The molecule has 2 aromatic rings. The first-order valence-electron chi connectivity index (χ1n) is 8.54. The van der Waals surface area contributed by atoms with E-state index in [-0.39, 0.29) is 6.61 Å². The molecule has 0 saturated carbocycles. The lowest BCUT2D eigenvalue weighted by molar-refractivity contribution is -0.149. The largest absolute Gasteiger partial charge is 0.496 e. The van der Waals surface area contributed by atoms with Gasteiger partial charge < -0.3 is 18.9 Å². The second kappa shape index (κ2) is 8.44. The molecule has 1 aliphatic heterocycles. The van der Waals surface area contributed by atoms with E-state index in [0.29, 0.717) is 30.0 Å². The van der Waals surface area contributed by atoms with Crippen molar-refractivity contribution in [2.45, 2.75) is 25.6 Å². The second-order valence-electron chi connectivity index (χ2n) is 5.98. The molecule has 142 valence electrons. The minimum Gasteiger partial charge on any atom is -0.496 e. The van der Waals surface area contributed by atoms with E-state index in [1.807, 2.05) is 30.3 Å². The van der Waals surface area contributed by atoms with Crippen molar-refractivity contribution in [3.63, 3.8) is 0 Å². The van der Waals surface area contributed by atoms with Crippen LogP contribution in [0.4, 0.5) is 10.5 Å². The number of hydrogen-bond acceptors (Lipinski definition) is 6. The molecule has 0 fully saturated rings. The zero-order chi connectivity index (χ0) is 19.2. The molecule has 7 heteroatoms. The Balaban J connectivity index is 1.67. The van der Waals surface area contributed by atoms with Crippen molar-refractivity contribution >= 4 is 17.7 Å². The molecule has 0 aliphatic carbocycles. The lowest BCUT2D eigenvalue weighted by atomic mass is 10.0. The highest BCUT2D eigenvalue weighted by Crippen LogP contribution is 2.35. The highest BCUT2D eigenvalue weighted by molar-refractivity contribution is 5.87. The lowest BCUT2D eigenvalue weighted by Crippen LogP contribution is -2.32. The lowest BCUT2D eigenvalue weighted by Gasteiger charge is -2.26. The second-order valence-corrected chi connectivity index (χ2v) is 5.98. The number of para-hydroxylation sites is 2. The fraction of sp³-hybridized carbons (Fsp3) is 0.300. The summed E-state index contributed by atoms with van der Waals surface area (Å²) in [6.07, 6.45) is -0.129. The van der Waals surface area contributed by atoms with Gasteiger partial charge in [-0.15, -0.1) is 0 Å². The van der Waals surface area contributed by atoms with E-state index in [2.05, 4.69) is 5.32 Å². The van der Waals surface area contributed by atoms with E-state index in [1.165, 1.54) is 7.11 Å². The Morgan fingerprint density at radius 2 is 1.96 bits per heavy atom. The van der Waals surface area contributed by atoms with Crippen LogP contribution in [0.5, 0.6) is 11.5 Å². The molecule has 1 amide bonds. The maximum absolute atomic E-state index is 12.2. The van der Waals surface area contributed by atoms with Gasteiger partial charge in [-0.2, -0.15) is 0 Å². The summed E-state index contributed by atoms with van der Waals surface area (Å²) in [5, 5.41) is 2.68. The van der Waals surface area contributed by atoms with E-state index < -0.39 is 18.2 Å². The quantitative estimate of drug-likeness (QED) is 0.812. The Morgan fingerprint density at radius 1 is 1.15 bits per heavy atom. The monoisotopic (exact) mass is 371 g/mol. The van der Waals surface area contributed by atoms with E-state index in [1.54, 1.807) is 19.2 Å². The zero-order valence-corrected chi connectivity index (χ0v) is 15.2. The van der Waals surface area contributed by atoms with Crippen molar-refractivity contribution in [1.82, 2.24) is 0 Å². The average molecular weight is 371 g/mol. The number of hydrogen-bond donors (Lipinski definition) is 1. The number of anilines is 1. The van der Waals surface area contributed by atoms with Gasteiger partial charge in [0.2, 0.25) is 0 Å². The summed E-state index contributed by atoms with van der Waals surface area (Å²) in [6, 6.07) is 12.7. The molecule has 0 aromatic heterocycles. The number of carbonyl (C=O) groups excluding carboxylic acids is 2. The molecule has 0 spiro atoms. The third kappa shape index (κ3) is 4.31. The van der Waals surface area contributed by atoms with Crippen LogP contribution in [0.2, 0.25) is 0 Å². The Labute approximate surface area is 157 Å². The number of carbonyl (C=O) groups is 2. The summed E-state index contributed by atoms with van der Waals surface area (Å²) >= 11 is 0. The molecule has 0 bridgehead atoms. The molecule has 1 heterocycles. The van der Waals surface area contributed by atoms with Crippen LogP contribution >= 0.6 is 0 Å². The van der Waals surface area contributed by atoms with Crippen LogP contribution in [0.3, 0.4) is 0 Å². The smallest absolute Gasteiger partial charge is 0.412 e. The van der Waals surface area contributed by atoms with Crippen LogP contribution in [0.1, 0.15) is 17.5 Å². The van der Waals surface area contributed by atoms with Gasteiger partial charge in [-0.25, -0.2) is 9.59 Å². The fourth-order valence-corrected chi connectivity index (χ4v) is 2.92. The van der Waals surface area contributed by atoms with Crippen LogP contribution in [-0.4, -0.2) is 32.4 Å². The Bertz CT molecular complexity index is 835. The van der Waals surface area contributed by atoms with Gasteiger partial charge in [0.25, 0.3) is 0 Å². The van der Waals surface area contributed by atoms with E-state index in [4.69, 9.17) is 18.9 Å². The van der Waals surface area contributed by atoms with Crippen molar-refractivity contribution in [3.05, 3.63) is 53.6 Å². The Hall–Kier alpha value is -3.22. The molecular formula is C20H21NO6. The number of methoxy groups -OCH3 is 2. The van der Waals surface area contributed by atoms with Crippen molar-refractivity contribution in [3.8, 4) is 11.5 Å². The molecule has 1 N–H and O–H groups in total. The number of esters is 1. The first-order valence-corrected chi connectivity index (χ1v) is 8.54. The summed E-state index contributed by atoms with van der Waals surface area (Å²) in [5.74, 6) is 0.675. The highest BCUT2D eigenvalue weighted by Gasteiger charge is 2.28. The summed E-state index contributed by atoms with van der Waals surface area (Å²) in [7, 11) is 2.88. The molecule has 1 atom stereocenters. The van der Waals surface area contributed by atoms with Gasteiger partial charge in [-0.3, -0.25) is 5.32 Å². The van der Waals surface area contributed by atoms with Crippen LogP contribution in [-0.2, 0) is 27.3 Å². The summed E-state index contributed by atoms with van der Waals surface area (Å²) < 4.78 is 21.0. The highest BCUT2D eigenvalue weighted by atomic mass is 16.6. The van der Waals surface area contributed by atoms with Crippen molar-refractivity contribution in [2.75, 3.05) is 19.5 Å². The van der Waals surface area contributed by atoms with Crippen LogP contribution in [0.25, 0.3) is 0 Å². The molecule has 27 heavy (non-hydrogen) atoms. The van der Waals surface area contributed by atoms with Gasteiger partial charge in [0.1, 0.15) is 18.1 Å². The van der Waals surface area contributed by atoms with E-state index >= 15 is 0 Å². The topological polar surface area (TPSA) is 83.1 Å². The molecule has 0 radical (unpaired) electrons. The van der Waals surface area contributed by atoms with Crippen LogP contribution in [0, 0.1) is 0 Å². The van der Waals surface area contributed by atoms with Crippen molar-refractivity contribution in [2.24, 2.45) is 0 Å². The molecule has 7 nitrogen and oxygen atoms in total. The van der Waals surface area contributed by atoms with E-state index in [0.717, 1.165) is 11.1 Å². The number of fused-ring (bicyclic) bond motifs is 1. The van der Waals surface area contributed by atoms with Crippen LogP contribution in [0.15, 0.2) is 42.5 Å². The van der Waals surface area contributed by atoms with Crippen molar-refractivity contribution in [1.29, 1.82) is 0 Å². The fourth-order valence-electron chi connectivity index (χ4n) is 2.92. The minimum absolute atomic E-state index is 0.0660. The predicted octanol–water partition coefficient (Wildman–Crippen LogP) is 3.31. The average Bonchev–Trinajstić information content (AvgIpc) is 2.71. The van der Waals surface area contributed by atoms with E-state index in [9.17, 15) is 9.59 Å². The number of ether oxygens (including phenoxy) is 4. The van der Waals surface area contributed by atoms with Crippen LogP contribution < -0.4 is 14.8 Å². The first-order chi connectivity index (χ1) is 13.1. The Kier molecular flexibility index (Phi) is 5.80. The van der Waals surface area contributed by atoms with Gasteiger partial charge in [0, 0.05) is 5.56 Å². The summed E-state index contributed by atoms with van der Waals surface area (Å²) in [5.41, 5.74) is 2.12. The molecular weight excluding hydrogens is 350 g/mol. The van der Waals surface area contributed by atoms with Gasteiger partial charge in [0.15, 0.2) is 6.10 Å². The third-order valence-electron chi connectivity index (χ3n) is 4.28. The maximum atomic E-state index is 12.2. The minimum atomic E-state index is -0.685. The van der Waals surface area contributed by atoms with Gasteiger partial charge in [0.05, 0.1) is 19.9 Å². The zero-order valence-electron chi connectivity index (χ0n) is 15.2. The number of rotatable bonds is 5. The number of benzene rings is 2. The summed E-state index contributed by atoms with van der Waals surface area (Å²) in [6.45, 7) is 0.0660. The standard InChI is InChI=1S/C20H21NO6/c1-24-16-9-4-3-6-14(16)12-26-20(23)21-15-8-5-7-13-10-11-17(19(22)25-2)27-18(13)15/h3-9,17H,10-12H2,1-2H3,(H,21,23)/t17-/m0/s1. The van der Waals surface area contributed by atoms with Crippen molar-refractivity contribution < 1.29 is 28.5 Å². The number of nitrogens with one attached hydrogen (secondary N) is 1. The first kappa shape index (κ1) is 18.6. The molecule has 2 aromatic carbocycles. The molecule has 0 saturated heterocycles. The van der Waals surface area contributed by atoms with Gasteiger partial charge in [-0.05, 0) is 30.5 Å². The number of amides is 1. The third-order valence-corrected chi connectivity index (χ3v) is 4.28. The molecule has 1 aliphatic rings. The van der Waals surface area contributed by atoms with Gasteiger partial charge >= 0.3 is 12.1 Å². The summed E-state index contributed by atoms with van der Waals surface area (Å²) in [4.78, 5) is 24.0. The maximum Gasteiger partial charge on any atom is 0.412 e. The Morgan fingerprint density at radius 3 is 2.74 bits per heavy atom. The van der Waals surface area contributed by atoms with Gasteiger partial charge in [-0.1, -0.05) is 30.3 Å². The predicted molar refractivity (Wildman–Crippen MR) is 98.0 cm³/mol. The molecule has 0 unspecified atom stereocenters.